The highest BCUT2D eigenvalue weighted by Gasteiger charge is 2.44. The Kier molecular flexibility index (Phi) is 4.75. The van der Waals surface area contributed by atoms with Gasteiger partial charge in [-0.15, -0.1) is 0 Å². The third kappa shape index (κ3) is 3.47. The molecule has 0 bridgehead atoms. The van der Waals surface area contributed by atoms with Crippen molar-refractivity contribution in [2.75, 3.05) is 4.90 Å². The molecule has 0 N–H and O–H groups in total. The Balaban J connectivity index is 1.73. The fourth-order valence-electron chi connectivity index (χ4n) is 5.13. The molecule has 0 fully saturated rings. The van der Waals surface area contributed by atoms with Gasteiger partial charge < -0.3 is 0 Å². The summed E-state index contributed by atoms with van der Waals surface area (Å²) < 4.78 is 0. The van der Waals surface area contributed by atoms with Gasteiger partial charge in [0, 0.05) is 40.7 Å². The average Bonchev–Trinajstić information content (AvgIpc) is 2.73. The Labute approximate surface area is 187 Å². The SMILES string of the molecule is CC1(C)CC(=O)C2=C(C1)N(c1ccc(Cl)cc1)C(=O)CC2c1cccc2ccccc12. The Morgan fingerprint density at radius 3 is 2.39 bits per heavy atom. The number of amides is 1. The van der Waals surface area contributed by atoms with Gasteiger partial charge in [-0.1, -0.05) is 67.9 Å². The molecule has 156 valence electrons. The fourth-order valence-corrected chi connectivity index (χ4v) is 5.25. The molecule has 4 heteroatoms. The summed E-state index contributed by atoms with van der Waals surface area (Å²) in [5.74, 6) is -0.0547. The number of carbonyl (C=O) groups excluding carboxylic acids is 2. The molecule has 0 saturated carbocycles. The van der Waals surface area contributed by atoms with E-state index in [1.54, 1.807) is 17.0 Å². The summed E-state index contributed by atoms with van der Waals surface area (Å²) in [5, 5.41) is 2.85. The molecule has 1 amide bonds. The first-order valence-electron chi connectivity index (χ1n) is 10.7. The standard InChI is InChI=1S/C27H24ClNO2/c1-27(2)15-23-26(24(30)16-27)22(21-9-5-7-17-6-3-4-8-20(17)21)14-25(31)29(23)19-12-10-18(28)11-13-19/h3-13,22H,14-16H2,1-2H3. The molecule has 1 aliphatic carbocycles. The van der Waals surface area contributed by atoms with E-state index < -0.39 is 0 Å². The third-order valence-electron chi connectivity index (χ3n) is 6.43. The van der Waals surface area contributed by atoms with E-state index in [0.717, 1.165) is 33.3 Å². The highest BCUT2D eigenvalue weighted by atomic mass is 35.5. The van der Waals surface area contributed by atoms with Crippen LogP contribution >= 0.6 is 11.6 Å². The van der Waals surface area contributed by atoms with Crippen LogP contribution in [0.5, 0.6) is 0 Å². The smallest absolute Gasteiger partial charge is 0.232 e. The van der Waals surface area contributed by atoms with Gasteiger partial charge in [0.1, 0.15) is 0 Å². The first kappa shape index (κ1) is 20.0. The molecule has 0 aromatic heterocycles. The summed E-state index contributed by atoms with van der Waals surface area (Å²) in [6.07, 6.45) is 1.46. The van der Waals surface area contributed by atoms with Crippen LogP contribution in [-0.4, -0.2) is 11.7 Å². The minimum atomic E-state index is -0.222. The quantitative estimate of drug-likeness (QED) is 0.457. The van der Waals surface area contributed by atoms with E-state index in [9.17, 15) is 9.59 Å². The molecule has 31 heavy (non-hydrogen) atoms. The van der Waals surface area contributed by atoms with Crippen LogP contribution < -0.4 is 4.90 Å². The number of rotatable bonds is 2. The van der Waals surface area contributed by atoms with E-state index in [1.807, 2.05) is 30.3 Å². The molecule has 3 nitrogen and oxygen atoms in total. The van der Waals surface area contributed by atoms with Crippen LogP contribution in [0.15, 0.2) is 78.0 Å². The van der Waals surface area contributed by atoms with Gasteiger partial charge in [0.2, 0.25) is 5.91 Å². The lowest BCUT2D eigenvalue weighted by Gasteiger charge is -2.43. The Morgan fingerprint density at radius 2 is 1.61 bits per heavy atom. The van der Waals surface area contributed by atoms with Gasteiger partial charge in [0.15, 0.2) is 5.78 Å². The number of Topliss-reactive ketones (excluding diaryl/α,β-unsaturated/α-hetero) is 1. The normalized spacial score (nSPS) is 20.9. The number of allylic oxidation sites excluding steroid dienone is 2. The molecular weight excluding hydrogens is 406 g/mol. The van der Waals surface area contributed by atoms with Crippen LogP contribution in [0.3, 0.4) is 0 Å². The molecule has 3 aromatic carbocycles. The predicted octanol–water partition coefficient (Wildman–Crippen LogP) is 6.66. The number of fused-ring (bicyclic) bond motifs is 1. The maximum atomic E-state index is 13.5. The van der Waals surface area contributed by atoms with Crippen molar-refractivity contribution in [3.8, 4) is 0 Å². The van der Waals surface area contributed by atoms with Crippen molar-refractivity contribution in [3.05, 3.63) is 88.6 Å². The summed E-state index contributed by atoms with van der Waals surface area (Å²) in [7, 11) is 0. The summed E-state index contributed by atoms with van der Waals surface area (Å²) in [6.45, 7) is 4.20. The Hall–Kier alpha value is -2.91. The van der Waals surface area contributed by atoms with E-state index in [-0.39, 0.29) is 29.4 Å². The second-order valence-corrected chi connectivity index (χ2v) is 9.77. The van der Waals surface area contributed by atoms with E-state index in [0.29, 0.717) is 17.9 Å². The maximum Gasteiger partial charge on any atom is 0.232 e. The lowest BCUT2D eigenvalue weighted by atomic mass is 9.69. The molecule has 0 spiro atoms. The third-order valence-corrected chi connectivity index (χ3v) is 6.68. The van der Waals surface area contributed by atoms with Crippen LogP contribution in [-0.2, 0) is 9.59 Å². The fraction of sp³-hybridized carbons (Fsp3) is 0.259. The topological polar surface area (TPSA) is 37.4 Å². The lowest BCUT2D eigenvalue weighted by molar-refractivity contribution is -0.120. The molecule has 5 rings (SSSR count). The number of halogens is 1. The minimum absolute atomic E-state index is 0.0181. The molecule has 0 radical (unpaired) electrons. The second-order valence-electron chi connectivity index (χ2n) is 9.33. The highest BCUT2D eigenvalue weighted by molar-refractivity contribution is 6.30. The largest absolute Gasteiger partial charge is 0.294 e. The van der Waals surface area contributed by atoms with Crippen molar-refractivity contribution >= 4 is 39.8 Å². The number of hydrogen-bond acceptors (Lipinski definition) is 2. The number of anilines is 1. The van der Waals surface area contributed by atoms with Crippen molar-refractivity contribution in [2.24, 2.45) is 5.41 Å². The van der Waals surface area contributed by atoms with Crippen molar-refractivity contribution in [3.63, 3.8) is 0 Å². The van der Waals surface area contributed by atoms with Crippen LogP contribution in [0.4, 0.5) is 5.69 Å². The van der Waals surface area contributed by atoms with Gasteiger partial charge in [-0.05, 0) is 52.4 Å². The summed E-state index contributed by atoms with van der Waals surface area (Å²) in [6, 6.07) is 21.6. The molecule has 1 aliphatic heterocycles. The van der Waals surface area contributed by atoms with Crippen molar-refractivity contribution in [1.82, 2.24) is 0 Å². The summed E-state index contributed by atoms with van der Waals surface area (Å²) in [5.41, 5.74) is 3.27. The maximum absolute atomic E-state index is 13.5. The molecule has 2 aliphatic rings. The van der Waals surface area contributed by atoms with Crippen molar-refractivity contribution in [2.45, 2.75) is 39.0 Å². The second kappa shape index (κ2) is 7.35. The zero-order chi connectivity index (χ0) is 21.8. The predicted molar refractivity (Wildman–Crippen MR) is 125 cm³/mol. The molecule has 0 saturated heterocycles. The molecular formula is C27H24ClNO2. The Morgan fingerprint density at radius 1 is 0.903 bits per heavy atom. The first-order valence-corrected chi connectivity index (χ1v) is 11.0. The van der Waals surface area contributed by atoms with Gasteiger partial charge in [-0.2, -0.15) is 0 Å². The Bertz CT molecular complexity index is 1230. The highest BCUT2D eigenvalue weighted by Crippen LogP contribution is 2.49. The van der Waals surface area contributed by atoms with Crippen LogP contribution in [0.2, 0.25) is 5.02 Å². The molecule has 1 atom stereocenters. The summed E-state index contributed by atoms with van der Waals surface area (Å²) >= 11 is 6.08. The zero-order valence-electron chi connectivity index (χ0n) is 17.7. The number of nitrogens with zero attached hydrogens (tertiary/aromatic N) is 1. The number of benzene rings is 3. The van der Waals surface area contributed by atoms with Crippen LogP contribution in [0.1, 0.15) is 44.6 Å². The molecule has 1 heterocycles. The van der Waals surface area contributed by atoms with Crippen LogP contribution in [0.25, 0.3) is 10.8 Å². The van der Waals surface area contributed by atoms with E-state index in [1.165, 1.54) is 0 Å². The average molecular weight is 430 g/mol. The van der Waals surface area contributed by atoms with Gasteiger partial charge in [-0.3, -0.25) is 14.5 Å². The van der Waals surface area contributed by atoms with Crippen molar-refractivity contribution < 1.29 is 9.59 Å². The van der Waals surface area contributed by atoms with Gasteiger partial charge >= 0.3 is 0 Å². The number of ketones is 1. The molecule has 3 aromatic rings. The van der Waals surface area contributed by atoms with E-state index >= 15 is 0 Å². The lowest BCUT2D eigenvalue weighted by Crippen LogP contribution is -2.43. The van der Waals surface area contributed by atoms with E-state index in [4.69, 9.17) is 11.6 Å². The van der Waals surface area contributed by atoms with Gasteiger partial charge in [-0.25, -0.2) is 0 Å². The van der Waals surface area contributed by atoms with E-state index in [2.05, 4.69) is 38.1 Å². The van der Waals surface area contributed by atoms with Crippen LogP contribution in [0, 0.1) is 5.41 Å². The number of hydrogen-bond donors (Lipinski definition) is 0. The number of carbonyl (C=O) groups is 2. The minimum Gasteiger partial charge on any atom is -0.294 e. The summed E-state index contributed by atoms with van der Waals surface area (Å²) in [4.78, 5) is 28.8. The zero-order valence-corrected chi connectivity index (χ0v) is 18.4. The first-order chi connectivity index (χ1) is 14.8. The van der Waals surface area contributed by atoms with Crippen molar-refractivity contribution in [1.29, 1.82) is 0 Å². The van der Waals surface area contributed by atoms with Gasteiger partial charge in [0.25, 0.3) is 0 Å². The monoisotopic (exact) mass is 429 g/mol. The van der Waals surface area contributed by atoms with Gasteiger partial charge in [0.05, 0.1) is 0 Å². The molecule has 1 unspecified atom stereocenters.